The van der Waals surface area contributed by atoms with Gasteiger partial charge in [0.15, 0.2) is 0 Å². The number of hydrogen-bond donors (Lipinski definition) is 1. The Hall–Kier alpha value is -2.34. The summed E-state index contributed by atoms with van der Waals surface area (Å²) in [5.74, 6) is 0.472. The van der Waals surface area contributed by atoms with Crippen molar-refractivity contribution in [2.24, 2.45) is 4.99 Å². The lowest BCUT2D eigenvalue weighted by Gasteiger charge is -2.12. The number of anilines is 1. The molecule has 1 unspecified atom stereocenters. The van der Waals surface area contributed by atoms with Crippen molar-refractivity contribution in [2.45, 2.75) is 24.8 Å². The summed E-state index contributed by atoms with van der Waals surface area (Å²) in [6.45, 7) is 4.37. The number of sulfonamides is 1. The number of nitrogens with one attached hydrogen (secondary N) is 1. The van der Waals surface area contributed by atoms with Crippen LogP contribution in [-0.4, -0.2) is 27.0 Å². The van der Waals surface area contributed by atoms with Crippen LogP contribution in [0.2, 0.25) is 0 Å². The predicted octanol–water partition coefficient (Wildman–Crippen LogP) is 2.96. The van der Waals surface area contributed by atoms with Crippen molar-refractivity contribution in [1.29, 1.82) is 0 Å². The number of aryl methyl sites for hydroxylation is 1. The van der Waals surface area contributed by atoms with E-state index < -0.39 is 10.0 Å². The molecule has 0 bridgehead atoms. The van der Waals surface area contributed by atoms with Crippen molar-refractivity contribution in [3.8, 4) is 0 Å². The van der Waals surface area contributed by atoms with Crippen LogP contribution in [-0.2, 0) is 14.8 Å². The van der Waals surface area contributed by atoms with Gasteiger partial charge in [0.2, 0.25) is 5.90 Å². The van der Waals surface area contributed by atoms with E-state index >= 15 is 0 Å². The highest BCUT2D eigenvalue weighted by Crippen LogP contribution is 2.23. The lowest BCUT2D eigenvalue weighted by molar-refractivity contribution is 0.324. The summed E-state index contributed by atoms with van der Waals surface area (Å²) < 4.78 is 33.3. The summed E-state index contributed by atoms with van der Waals surface area (Å²) in [5, 5.41) is 0. The summed E-state index contributed by atoms with van der Waals surface area (Å²) in [6, 6.07) is 13.9. The maximum absolute atomic E-state index is 12.6. The molecule has 0 saturated heterocycles. The number of benzene rings is 2. The van der Waals surface area contributed by atoms with Gasteiger partial charge in [0.05, 0.1) is 22.2 Å². The zero-order valence-electron chi connectivity index (χ0n) is 13.0. The van der Waals surface area contributed by atoms with Crippen LogP contribution >= 0.6 is 0 Å². The Balaban J connectivity index is 1.94. The Labute approximate surface area is 136 Å². The molecule has 1 N–H and O–H groups in total. The highest BCUT2D eigenvalue weighted by atomic mass is 32.2. The van der Waals surface area contributed by atoms with Gasteiger partial charge in [0, 0.05) is 0 Å². The van der Waals surface area contributed by atoms with Crippen molar-refractivity contribution in [2.75, 3.05) is 11.3 Å². The fourth-order valence-electron chi connectivity index (χ4n) is 2.30. The zero-order chi connectivity index (χ0) is 16.4. The van der Waals surface area contributed by atoms with Gasteiger partial charge in [-0.3, -0.25) is 4.72 Å². The Bertz CT molecular complexity index is 842. The van der Waals surface area contributed by atoms with Crippen molar-refractivity contribution in [1.82, 2.24) is 0 Å². The number of para-hydroxylation sites is 1. The molecule has 6 heteroatoms. The highest BCUT2D eigenvalue weighted by Gasteiger charge is 2.21. The second-order valence-electron chi connectivity index (χ2n) is 5.56. The molecule has 120 valence electrons. The van der Waals surface area contributed by atoms with Crippen molar-refractivity contribution in [3.05, 3.63) is 59.7 Å². The van der Waals surface area contributed by atoms with Crippen molar-refractivity contribution in [3.63, 3.8) is 0 Å². The van der Waals surface area contributed by atoms with E-state index in [9.17, 15) is 8.42 Å². The molecule has 0 aromatic heterocycles. The molecule has 5 nitrogen and oxygen atoms in total. The summed E-state index contributed by atoms with van der Waals surface area (Å²) in [6.07, 6.45) is 0. The largest absolute Gasteiger partial charge is 0.475 e. The van der Waals surface area contributed by atoms with Gasteiger partial charge in [-0.2, -0.15) is 0 Å². The van der Waals surface area contributed by atoms with Crippen LogP contribution < -0.4 is 4.72 Å². The lowest BCUT2D eigenvalue weighted by atomic mass is 10.2. The topological polar surface area (TPSA) is 67.8 Å². The normalized spacial score (nSPS) is 17.5. The fourth-order valence-corrected chi connectivity index (χ4v) is 3.38. The van der Waals surface area contributed by atoms with E-state index in [1.807, 2.05) is 19.9 Å². The first-order valence-electron chi connectivity index (χ1n) is 7.35. The van der Waals surface area contributed by atoms with Gasteiger partial charge in [-0.05, 0) is 38.1 Å². The maximum atomic E-state index is 12.6. The second kappa shape index (κ2) is 6.04. The van der Waals surface area contributed by atoms with Crippen LogP contribution in [0.3, 0.4) is 0 Å². The van der Waals surface area contributed by atoms with Gasteiger partial charge in [-0.15, -0.1) is 0 Å². The zero-order valence-corrected chi connectivity index (χ0v) is 13.8. The van der Waals surface area contributed by atoms with Gasteiger partial charge in [-0.1, -0.05) is 29.8 Å². The third-order valence-corrected chi connectivity index (χ3v) is 4.91. The minimum absolute atomic E-state index is 0.0757. The van der Waals surface area contributed by atoms with Crippen molar-refractivity contribution < 1.29 is 13.2 Å². The third-order valence-electron chi connectivity index (χ3n) is 3.53. The number of ether oxygens (including phenoxy) is 1. The lowest BCUT2D eigenvalue weighted by Crippen LogP contribution is -2.16. The molecule has 0 amide bonds. The molecular weight excluding hydrogens is 312 g/mol. The highest BCUT2D eigenvalue weighted by molar-refractivity contribution is 7.92. The van der Waals surface area contributed by atoms with Gasteiger partial charge >= 0.3 is 0 Å². The molecule has 1 aliphatic heterocycles. The smallest absolute Gasteiger partial charge is 0.261 e. The van der Waals surface area contributed by atoms with Gasteiger partial charge in [0.1, 0.15) is 6.61 Å². The van der Waals surface area contributed by atoms with Crippen LogP contribution in [0, 0.1) is 6.92 Å². The van der Waals surface area contributed by atoms with E-state index in [-0.39, 0.29) is 10.9 Å². The Morgan fingerprint density at radius 1 is 1.13 bits per heavy atom. The molecule has 0 radical (unpaired) electrons. The summed E-state index contributed by atoms with van der Waals surface area (Å²) in [7, 11) is -3.66. The van der Waals surface area contributed by atoms with Gasteiger partial charge < -0.3 is 4.74 Å². The average molecular weight is 330 g/mol. The molecule has 0 saturated carbocycles. The molecule has 1 atom stereocenters. The van der Waals surface area contributed by atoms with Crippen LogP contribution in [0.1, 0.15) is 18.1 Å². The van der Waals surface area contributed by atoms with Gasteiger partial charge in [-0.25, -0.2) is 13.4 Å². The Morgan fingerprint density at radius 3 is 2.48 bits per heavy atom. The first kappa shape index (κ1) is 15.6. The van der Waals surface area contributed by atoms with E-state index in [1.54, 1.807) is 42.5 Å². The van der Waals surface area contributed by atoms with Crippen LogP contribution in [0.4, 0.5) is 5.69 Å². The molecule has 0 spiro atoms. The van der Waals surface area contributed by atoms with E-state index in [0.717, 1.165) is 5.56 Å². The Kier molecular flexibility index (Phi) is 4.09. The maximum Gasteiger partial charge on any atom is 0.261 e. The quantitative estimate of drug-likeness (QED) is 0.937. The first-order valence-corrected chi connectivity index (χ1v) is 8.83. The summed E-state index contributed by atoms with van der Waals surface area (Å²) >= 11 is 0. The number of hydrogen-bond acceptors (Lipinski definition) is 4. The minimum atomic E-state index is -3.66. The number of aliphatic imine (C=N–C) groups is 1. The molecule has 1 aliphatic rings. The fraction of sp³-hybridized carbons (Fsp3) is 0.235. The van der Waals surface area contributed by atoms with E-state index in [2.05, 4.69) is 9.71 Å². The molecular formula is C17H18N2O3S. The molecule has 0 aliphatic carbocycles. The second-order valence-corrected chi connectivity index (χ2v) is 7.24. The monoisotopic (exact) mass is 330 g/mol. The van der Waals surface area contributed by atoms with Crippen LogP contribution in [0.15, 0.2) is 58.4 Å². The van der Waals surface area contributed by atoms with E-state index in [4.69, 9.17) is 4.74 Å². The summed E-state index contributed by atoms with van der Waals surface area (Å²) in [4.78, 5) is 4.62. The van der Waals surface area contributed by atoms with Crippen molar-refractivity contribution >= 4 is 21.6 Å². The number of rotatable bonds is 4. The van der Waals surface area contributed by atoms with E-state index in [0.29, 0.717) is 23.8 Å². The Morgan fingerprint density at radius 2 is 1.83 bits per heavy atom. The SMILES string of the molecule is Cc1ccc(S(=O)(=O)Nc2ccccc2C2=NC(C)CO2)cc1. The summed E-state index contributed by atoms with van der Waals surface area (Å²) in [5.41, 5.74) is 2.11. The molecule has 0 fully saturated rings. The average Bonchev–Trinajstić information content (AvgIpc) is 2.94. The molecule has 2 aromatic carbocycles. The number of nitrogens with zero attached hydrogens (tertiary/aromatic N) is 1. The van der Waals surface area contributed by atoms with E-state index in [1.165, 1.54) is 0 Å². The van der Waals surface area contributed by atoms with Crippen LogP contribution in [0.5, 0.6) is 0 Å². The molecule has 3 rings (SSSR count). The molecule has 1 heterocycles. The minimum Gasteiger partial charge on any atom is -0.475 e. The standard InChI is InChI=1S/C17H18N2O3S/c1-12-7-9-14(10-8-12)23(20,21)19-16-6-4-3-5-15(16)17-18-13(2)11-22-17/h3-10,13,19H,11H2,1-2H3. The molecule has 23 heavy (non-hydrogen) atoms. The predicted molar refractivity (Wildman–Crippen MR) is 90.4 cm³/mol. The first-order chi connectivity index (χ1) is 11.0. The molecule has 2 aromatic rings. The van der Waals surface area contributed by atoms with Crippen LogP contribution in [0.25, 0.3) is 0 Å². The van der Waals surface area contributed by atoms with Gasteiger partial charge in [0.25, 0.3) is 10.0 Å². The third kappa shape index (κ3) is 3.37.